The van der Waals surface area contributed by atoms with Crippen LogP contribution in [0.15, 0.2) is 46.9 Å². The van der Waals surface area contributed by atoms with Gasteiger partial charge in [0.25, 0.3) is 0 Å². The molecule has 0 aliphatic heterocycles. The van der Waals surface area contributed by atoms with Gasteiger partial charge >= 0.3 is 0 Å². The van der Waals surface area contributed by atoms with Crippen LogP contribution in [0.4, 0.5) is 0 Å². The summed E-state index contributed by atoms with van der Waals surface area (Å²) in [4.78, 5) is 12.0. The van der Waals surface area contributed by atoms with Gasteiger partial charge in [-0.2, -0.15) is 0 Å². The lowest BCUT2D eigenvalue weighted by molar-refractivity contribution is 0.104. The lowest BCUT2D eigenvalue weighted by Crippen LogP contribution is -1.94. The summed E-state index contributed by atoms with van der Waals surface area (Å²) in [5.41, 5.74) is 0.635. The second-order valence-electron chi connectivity index (χ2n) is 4.10. The minimum absolute atomic E-state index is 0.0116. The van der Waals surface area contributed by atoms with Crippen molar-refractivity contribution in [3.63, 3.8) is 0 Å². The average Bonchev–Trinajstić information content (AvgIpc) is 2.42. The van der Waals surface area contributed by atoms with E-state index in [4.69, 9.17) is 0 Å². The van der Waals surface area contributed by atoms with Crippen molar-refractivity contribution in [1.29, 1.82) is 0 Å². The third kappa shape index (κ3) is 3.19. The number of rotatable bonds is 3. The van der Waals surface area contributed by atoms with Crippen molar-refractivity contribution in [3.05, 3.63) is 58.1 Å². The first-order valence-corrected chi connectivity index (χ1v) is 6.49. The van der Waals surface area contributed by atoms with Gasteiger partial charge in [0.2, 0.25) is 0 Å². The van der Waals surface area contributed by atoms with E-state index < -0.39 is 5.78 Å². The monoisotopic (exact) mass is 334 g/mol. The van der Waals surface area contributed by atoms with E-state index in [9.17, 15) is 20.1 Å². The largest absolute Gasteiger partial charge is 0.508 e. The van der Waals surface area contributed by atoms with Crippen molar-refractivity contribution < 1.29 is 20.1 Å². The highest BCUT2D eigenvalue weighted by molar-refractivity contribution is 9.10. The van der Waals surface area contributed by atoms with E-state index in [1.54, 1.807) is 6.07 Å². The molecule has 3 N–H and O–H groups in total. The zero-order valence-corrected chi connectivity index (χ0v) is 11.8. The fraction of sp³-hybridized carbons (Fsp3) is 0. The standard InChI is InChI=1S/C15H11BrO4/c16-13-4-2-10(17)7-9(13)1-5-14(19)12-8-11(18)3-6-15(12)20/h1-8,17-18,20H/b5-1+. The van der Waals surface area contributed by atoms with Crippen LogP contribution in [-0.2, 0) is 0 Å². The summed E-state index contributed by atoms with van der Waals surface area (Å²) >= 11 is 3.30. The second-order valence-corrected chi connectivity index (χ2v) is 4.96. The van der Waals surface area contributed by atoms with E-state index in [1.165, 1.54) is 42.5 Å². The quantitative estimate of drug-likeness (QED) is 0.456. The number of phenols is 3. The van der Waals surface area contributed by atoms with Gasteiger partial charge < -0.3 is 15.3 Å². The summed E-state index contributed by atoms with van der Waals surface area (Å²) in [5.74, 6) is -0.667. The van der Waals surface area contributed by atoms with Gasteiger partial charge in [-0.1, -0.05) is 15.9 Å². The Morgan fingerprint density at radius 2 is 1.65 bits per heavy atom. The first-order chi connectivity index (χ1) is 9.47. The van der Waals surface area contributed by atoms with E-state index in [0.29, 0.717) is 5.56 Å². The molecule has 0 atom stereocenters. The van der Waals surface area contributed by atoms with Crippen LogP contribution in [-0.4, -0.2) is 21.1 Å². The number of ketones is 1. The first kappa shape index (κ1) is 14.1. The van der Waals surface area contributed by atoms with Gasteiger partial charge in [0.15, 0.2) is 5.78 Å². The van der Waals surface area contributed by atoms with Crippen molar-refractivity contribution in [2.45, 2.75) is 0 Å². The first-order valence-electron chi connectivity index (χ1n) is 5.70. The second kappa shape index (κ2) is 5.79. The summed E-state index contributed by atoms with van der Waals surface area (Å²) in [6.07, 6.45) is 2.77. The molecular weight excluding hydrogens is 324 g/mol. The Kier molecular flexibility index (Phi) is 4.10. The summed E-state index contributed by atoms with van der Waals surface area (Å²) < 4.78 is 0.722. The Morgan fingerprint density at radius 3 is 2.40 bits per heavy atom. The Balaban J connectivity index is 2.29. The molecule has 0 unspecified atom stereocenters. The van der Waals surface area contributed by atoms with Crippen molar-refractivity contribution >= 4 is 27.8 Å². The molecular formula is C15H11BrO4. The number of phenolic OH excluding ortho intramolecular Hbond substituents is 3. The van der Waals surface area contributed by atoms with Crippen LogP contribution in [0.3, 0.4) is 0 Å². The molecule has 0 aromatic heterocycles. The number of carbonyl (C=O) groups is 1. The maximum atomic E-state index is 12.0. The van der Waals surface area contributed by atoms with Gasteiger partial charge in [-0.05, 0) is 54.1 Å². The molecule has 0 aliphatic rings. The molecule has 102 valence electrons. The minimum atomic E-state index is -0.450. The lowest BCUT2D eigenvalue weighted by atomic mass is 10.1. The van der Waals surface area contributed by atoms with Crippen molar-refractivity contribution in [1.82, 2.24) is 0 Å². The van der Waals surface area contributed by atoms with Crippen molar-refractivity contribution in [3.8, 4) is 17.2 Å². The van der Waals surface area contributed by atoms with Gasteiger partial charge in [-0.3, -0.25) is 4.79 Å². The molecule has 0 bridgehead atoms. The molecule has 0 fully saturated rings. The highest BCUT2D eigenvalue weighted by Gasteiger charge is 2.09. The van der Waals surface area contributed by atoms with Gasteiger partial charge in [0.1, 0.15) is 17.2 Å². The molecule has 0 radical (unpaired) electrons. The van der Waals surface area contributed by atoms with Crippen LogP contribution in [0.2, 0.25) is 0 Å². The van der Waals surface area contributed by atoms with E-state index in [2.05, 4.69) is 15.9 Å². The Morgan fingerprint density at radius 1 is 1.00 bits per heavy atom. The summed E-state index contributed by atoms with van der Waals surface area (Å²) in [7, 11) is 0. The molecule has 4 nitrogen and oxygen atoms in total. The Hall–Kier alpha value is -2.27. The van der Waals surface area contributed by atoms with E-state index in [-0.39, 0.29) is 22.8 Å². The highest BCUT2D eigenvalue weighted by Crippen LogP contribution is 2.25. The van der Waals surface area contributed by atoms with Crippen LogP contribution in [0.25, 0.3) is 6.08 Å². The molecule has 2 rings (SSSR count). The predicted molar refractivity (Wildman–Crippen MR) is 78.9 cm³/mol. The molecule has 0 spiro atoms. The van der Waals surface area contributed by atoms with Gasteiger partial charge in [0.05, 0.1) is 5.56 Å². The molecule has 0 amide bonds. The molecule has 0 saturated carbocycles. The van der Waals surface area contributed by atoms with E-state index in [0.717, 1.165) is 4.47 Å². The average molecular weight is 335 g/mol. The Labute approximate surface area is 123 Å². The molecule has 5 heteroatoms. The molecule has 20 heavy (non-hydrogen) atoms. The Bertz CT molecular complexity index is 692. The van der Waals surface area contributed by atoms with E-state index in [1.807, 2.05) is 0 Å². The topological polar surface area (TPSA) is 77.8 Å². The van der Waals surface area contributed by atoms with Gasteiger partial charge in [0, 0.05) is 4.47 Å². The van der Waals surface area contributed by atoms with Crippen LogP contribution in [0.5, 0.6) is 17.2 Å². The summed E-state index contributed by atoms with van der Waals surface area (Å²) in [6, 6.07) is 8.41. The number of hydrogen-bond donors (Lipinski definition) is 3. The number of carbonyl (C=O) groups excluding carboxylic acids is 1. The minimum Gasteiger partial charge on any atom is -0.508 e. The molecule has 0 aliphatic carbocycles. The SMILES string of the molecule is O=C(/C=C/c1cc(O)ccc1Br)c1cc(O)ccc1O. The van der Waals surface area contributed by atoms with Gasteiger partial charge in [-0.15, -0.1) is 0 Å². The van der Waals surface area contributed by atoms with E-state index >= 15 is 0 Å². The third-order valence-electron chi connectivity index (χ3n) is 2.64. The van der Waals surface area contributed by atoms with Gasteiger partial charge in [-0.25, -0.2) is 0 Å². The van der Waals surface area contributed by atoms with Crippen LogP contribution in [0, 0.1) is 0 Å². The fourth-order valence-electron chi connectivity index (χ4n) is 1.64. The van der Waals surface area contributed by atoms with Crippen molar-refractivity contribution in [2.24, 2.45) is 0 Å². The number of benzene rings is 2. The maximum Gasteiger partial charge on any atom is 0.189 e. The number of halogens is 1. The number of hydrogen-bond acceptors (Lipinski definition) is 4. The zero-order chi connectivity index (χ0) is 14.7. The number of allylic oxidation sites excluding steroid dienone is 1. The predicted octanol–water partition coefficient (Wildman–Crippen LogP) is 3.46. The van der Waals surface area contributed by atoms with Crippen LogP contribution >= 0.6 is 15.9 Å². The lowest BCUT2D eigenvalue weighted by Gasteiger charge is -2.02. The van der Waals surface area contributed by atoms with Crippen molar-refractivity contribution in [2.75, 3.05) is 0 Å². The third-order valence-corrected chi connectivity index (χ3v) is 3.36. The van der Waals surface area contributed by atoms with Crippen LogP contribution in [0.1, 0.15) is 15.9 Å². The summed E-state index contributed by atoms with van der Waals surface area (Å²) in [6.45, 7) is 0. The molecule has 0 heterocycles. The summed E-state index contributed by atoms with van der Waals surface area (Å²) in [5, 5.41) is 28.3. The molecule has 2 aromatic carbocycles. The zero-order valence-electron chi connectivity index (χ0n) is 10.2. The number of aromatic hydroxyl groups is 3. The normalized spacial score (nSPS) is 10.8. The fourth-order valence-corrected chi connectivity index (χ4v) is 2.01. The smallest absolute Gasteiger partial charge is 0.189 e. The highest BCUT2D eigenvalue weighted by atomic mass is 79.9. The molecule has 0 saturated heterocycles. The van der Waals surface area contributed by atoms with Crippen LogP contribution < -0.4 is 0 Å². The maximum absolute atomic E-state index is 12.0. The molecule has 2 aromatic rings.